The van der Waals surface area contributed by atoms with E-state index in [9.17, 15) is 4.39 Å². The van der Waals surface area contributed by atoms with Crippen LogP contribution in [-0.2, 0) is 16.1 Å². The van der Waals surface area contributed by atoms with Crippen LogP contribution >= 0.6 is 11.3 Å². The lowest BCUT2D eigenvalue weighted by Gasteiger charge is -2.32. The number of aromatic nitrogens is 2. The van der Waals surface area contributed by atoms with Gasteiger partial charge in [0, 0.05) is 18.2 Å². The van der Waals surface area contributed by atoms with Crippen molar-refractivity contribution in [1.82, 2.24) is 9.97 Å². The first-order valence-corrected chi connectivity index (χ1v) is 7.69. The Morgan fingerprint density at radius 2 is 2.48 bits per heavy atom. The highest BCUT2D eigenvalue weighted by atomic mass is 32.1. The van der Waals surface area contributed by atoms with Crippen molar-refractivity contribution in [3.8, 4) is 0 Å². The van der Waals surface area contributed by atoms with Crippen molar-refractivity contribution >= 4 is 17.0 Å². The van der Waals surface area contributed by atoms with E-state index in [0.29, 0.717) is 25.5 Å². The Balaban J connectivity index is 1.62. The summed E-state index contributed by atoms with van der Waals surface area (Å²) < 4.78 is 25.0. The second-order valence-corrected chi connectivity index (χ2v) is 5.52. The monoisotopic (exact) mass is 309 g/mol. The Labute approximate surface area is 126 Å². The average molecular weight is 309 g/mol. The summed E-state index contributed by atoms with van der Waals surface area (Å²) in [6, 6.07) is 1.64. The van der Waals surface area contributed by atoms with Crippen LogP contribution in [0.3, 0.4) is 0 Å². The molecule has 0 spiro atoms. The molecule has 0 aromatic carbocycles. The second-order valence-electron chi connectivity index (χ2n) is 4.80. The van der Waals surface area contributed by atoms with E-state index in [1.807, 2.05) is 5.38 Å². The summed E-state index contributed by atoms with van der Waals surface area (Å²) >= 11 is 1.54. The molecule has 0 aliphatic carbocycles. The number of halogens is 1. The van der Waals surface area contributed by atoms with Crippen molar-refractivity contribution in [2.24, 2.45) is 0 Å². The molecule has 5 nitrogen and oxygen atoms in total. The van der Waals surface area contributed by atoms with Crippen LogP contribution < -0.4 is 5.32 Å². The highest BCUT2D eigenvalue weighted by Gasteiger charge is 2.27. The maximum atomic E-state index is 13.7. The molecule has 0 saturated carbocycles. The van der Waals surface area contributed by atoms with Crippen LogP contribution in [0, 0.1) is 5.82 Å². The molecule has 0 amide bonds. The average Bonchev–Trinajstić information content (AvgIpc) is 3.02. The predicted octanol–water partition coefficient (Wildman–Crippen LogP) is 2.46. The van der Waals surface area contributed by atoms with Gasteiger partial charge in [0.25, 0.3) is 0 Å². The van der Waals surface area contributed by atoms with Gasteiger partial charge in [0.2, 0.25) is 0 Å². The van der Waals surface area contributed by atoms with Gasteiger partial charge in [0.15, 0.2) is 5.82 Å². The number of anilines is 1. The van der Waals surface area contributed by atoms with Gasteiger partial charge in [0.1, 0.15) is 6.10 Å². The minimum atomic E-state index is -0.359. The van der Waals surface area contributed by atoms with Crippen LogP contribution in [0.5, 0.6) is 0 Å². The zero-order valence-electron chi connectivity index (χ0n) is 11.4. The molecule has 2 atom stereocenters. The SMILES string of the molecule is Fc1cnccc1N[C@@H]1CCOC[C@H]1OCc1cscn1. The molecule has 2 aromatic rings. The van der Waals surface area contributed by atoms with E-state index in [0.717, 1.165) is 12.1 Å². The fourth-order valence-corrected chi connectivity index (χ4v) is 2.78. The molecule has 1 aliphatic heterocycles. The molecule has 0 bridgehead atoms. The number of thiazole rings is 1. The van der Waals surface area contributed by atoms with Crippen molar-refractivity contribution in [3.05, 3.63) is 40.9 Å². The molecule has 3 heterocycles. The summed E-state index contributed by atoms with van der Waals surface area (Å²) in [4.78, 5) is 7.94. The van der Waals surface area contributed by atoms with Crippen LogP contribution in [0.4, 0.5) is 10.1 Å². The van der Waals surface area contributed by atoms with Gasteiger partial charge in [-0.3, -0.25) is 4.98 Å². The maximum absolute atomic E-state index is 13.7. The quantitative estimate of drug-likeness (QED) is 0.919. The molecule has 112 valence electrons. The molecule has 21 heavy (non-hydrogen) atoms. The molecular formula is C14H16FN3O2S. The third-order valence-electron chi connectivity index (χ3n) is 3.35. The Morgan fingerprint density at radius 3 is 3.29 bits per heavy atom. The van der Waals surface area contributed by atoms with E-state index in [2.05, 4.69) is 15.3 Å². The first-order valence-electron chi connectivity index (χ1n) is 6.75. The molecule has 1 saturated heterocycles. The van der Waals surface area contributed by atoms with Gasteiger partial charge in [0.05, 0.1) is 42.3 Å². The minimum Gasteiger partial charge on any atom is -0.379 e. The number of ether oxygens (including phenoxy) is 2. The maximum Gasteiger partial charge on any atom is 0.164 e. The molecule has 1 N–H and O–H groups in total. The van der Waals surface area contributed by atoms with E-state index in [1.165, 1.54) is 17.5 Å². The summed E-state index contributed by atoms with van der Waals surface area (Å²) in [5.74, 6) is -0.359. The summed E-state index contributed by atoms with van der Waals surface area (Å²) in [6.07, 6.45) is 3.40. The van der Waals surface area contributed by atoms with Gasteiger partial charge < -0.3 is 14.8 Å². The van der Waals surface area contributed by atoms with Gasteiger partial charge in [-0.25, -0.2) is 9.37 Å². The Hall–Kier alpha value is -1.57. The normalized spacial score (nSPS) is 22.1. The Morgan fingerprint density at radius 1 is 1.52 bits per heavy atom. The summed E-state index contributed by atoms with van der Waals surface area (Å²) in [7, 11) is 0. The number of nitrogens with one attached hydrogen (secondary N) is 1. The van der Waals surface area contributed by atoms with Crippen molar-refractivity contribution in [1.29, 1.82) is 0 Å². The lowest BCUT2D eigenvalue weighted by atomic mass is 10.1. The van der Waals surface area contributed by atoms with Crippen LogP contribution in [0.15, 0.2) is 29.4 Å². The lowest BCUT2D eigenvalue weighted by Crippen LogP contribution is -2.43. The molecule has 7 heteroatoms. The fraction of sp³-hybridized carbons (Fsp3) is 0.429. The van der Waals surface area contributed by atoms with Crippen LogP contribution in [0.2, 0.25) is 0 Å². The molecule has 0 radical (unpaired) electrons. The third kappa shape index (κ3) is 3.75. The standard InChI is InChI=1S/C14H16FN3O2S/c15-11-5-16-3-1-12(11)18-13-2-4-19-7-14(13)20-6-10-8-21-9-17-10/h1,3,5,8-9,13-14H,2,4,6-7H2,(H,16,18)/t13-,14-/m1/s1. The summed E-state index contributed by atoms with van der Waals surface area (Å²) in [5.41, 5.74) is 3.12. The highest BCUT2D eigenvalue weighted by Crippen LogP contribution is 2.20. The second kappa shape index (κ2) is 6.93. The van der Waals surface area contributed by atoms with E-state index < -0.39 is 0 Å². The number of hydrogen-bond donors (Lipinski definition) is 1. The van der Waals surface area contributed by atoms with Gasteiger partial charge in [-0.1, -0.05) is 0 Å². The molecule has 3 rings (SSSR count). The van der Waals surface area contributed by atoms with Crippen LogP contribution in [0.1, 0.15) is 12.1 Å². The Kier molecular flexibility index (Phi) is 4.74. The topological polar surface area (TPSA) is 56.3 Å². The number of nitrogens with zero attached hydrogens (tertiary/aromatic N) is 2. The molecule has 1 aliphatic rings. The zero-order valence-corrected chi connectivity index (χ0v) is 12.2. The molecule has 2 aromatic heterocycles. The van der Waals surface area contributed by atoms with E-state index in [4.69, 9.17) is 9.47 Å². The smallest absolute Gasteiger partial charge is 0.164 e. The van der Waals surface area contributed by atoms with E-state index in [-0.39, 0.29) is 18.0 Å². The van der Waals surface area contributed by atoms with Gasteiger partial charge in [-0.15, -0.1) is 11.3 Å². The van der Waals surface area contributed by atoms with Crippen molar-refractivity contribution in [2.45, 2.75) is 25.2 Å². The first-order chi connectivity index (χ1) is 10.3. The molecule has 1 fully saturated rings. The van der Waals surface area contributed by atoms with E-state index >= 15 is 0 Å². The van der Waals surface area contributed by atoms with Gasteiger partial charge in [-0.2, -0.15) is 0 Å². The van der Waals surface area contributed by atoms with Crippen molar-refractivity contribution in [3.63, 3.8) is 0 Å². The summed E-state index contributed by atoms with van der Waals surface area (Å²) in [5, 5.41) is 5.14. The summed E-state index contributed by atoms with van der Waals surface area (Å²) in [6.45, 7) is 1.57. The van der Waals surface area contributed by atoms with Crippen LogP contribution in [0.25, 0.3) is 0 Å². The lowest BCUT2D eigenvalue weighted by molar-refractivity contribution is -0.0644. The van der Waals surface area contributed by atoms with Gasteiger partial charge >= 0.3 is 0 Å². The van der Waals surface area contributed by atoms with Gasteiger partial charge in [-0.05, 0) is 12.5 Å². The zero-order chi connectivity index (χ0) is 14.5. The van der Waals surface area contributed by atoms with Crippen molar-refractivity contribution < 1.29 is 13.9 Å². The molecule has 0 unspecified atom stereocenters. The minimum absolute atomic E-state index is 0.00860. The first kappa shape index (κ1) is 14.4. The fourth-order valence-electron chi connectivity index (χ4n) is 2.23. The third-order valence-corrected chi connectivity index (χ3v) is 3.98. The molecular weight excluding hydrogens is 293 g/mol. The highest BCUT2D eigenvalue weighted by molar-refractivity contribution is 7.07. The number of rotatable bonds is 5. The largest absolute Gasteiger partial charge is 0.379 e. The van der Waals surface area contributed by atoms with Crippen molar-refractivity contribution in [2.75, 3.05) is 18.5 Å². The van der Waals surface area contributed by atoms with Crippen LogP contribution in [-0.4, -0.2) is 35.3 Å². The Bertz CT molecular complexity index is 567. The van der Waals surface area contributed by atoms with E-state index in [1.54, 1.807) is 17.8 Å². The predicted molar refractivity (Wildman–Crippen MR) is 77.7 cm³/mol. The number of pyridine rings is 1. The number of hydrogen-bond acceptors (Lipinski definition) is 6.